The van der Waals surface area contributed by atoms with E-state index in [2.05, 4.69) is 5.10 Å². The van der Waals surface area contributed by atoms with Crippen LogP contribution in [-0.2, 0) is 4.79 Å². The number of aromatic nitrogens is 2. The highest BCUT2D eigenvalue weighted by Gasteiger charge is 2.21. The number of carbonyl (C=O) groups excluding carboxylic acids is 1. The van der Waals surface area contributed by atoms with Crippen molar-refractivity contribution in [2.45, 2.75) is 40.2 Å². The third kappa shape index (κ3) is 4.23. The zero-order valence-electron chi connectivity index (χ0n) is 14.8. The Morgan fingerprint density at radius 2 is 1.96 bits per heavy atom. The lowest BCUT2D eigenvalue weighted by Gasteiger charge is -2.26. The van der Waals surface area contributed by atoms with Crippen LogP contribution < -0.4 is 0 Å². The summed E-state index contributed by atoms with van der Waals surface area (Å²) in [4.78, 5) is 24.8. The number of aryl methyl sites for hydroxylation is 2. The largest absolute Gasteiger partial charge is 0.481 e. The molecule has 1 amide bonds. The molecule has 7 heteroatoms. The molecule has 0 saturated carbocycles. The van der Waals surface area contributed by atoms with Gasteiger partial charge in [-0.3, -0.25) is 9.59 Å². The summed E-state index contributed by atoms with van der Waals surface area (Å²) in [5.74, 6) is -1.93. The molecule has 0 aliphatic rings. The van der Waals surface area contributed by atoms with E-state index in [4.69, 9.17) is 5.11 Å². The molecular weight excluding hydrogens is 325 g/mol. The Bertz CT molecular complexity index is 799. The van der Waals surface area contributed by atoms with Crippen LogP contribution in [0.15, 0.2) is 24.3 Å². The first kappa shape index (κ1) is 18.6. The highest BCUT2D eigenvalue weighted by Crippen LogP contribution is 2.19. The SMILES string of the molecule is Cc1cc(C)n(-c2ccc(C(=O)N(CCC(=O)O)C(C)C)cc2F)n1. The minimum absolute atomic E-state index is 0.0761. The zero-order valence-corrected chi connectivity index (χ0v) is 14.8. The van der Waals surface area contributed by atoms with Crippen LogP contribution in [0.4, 0.5) is 4.39 Å². The molecule has 0 fully saturated rings. The summed E-state index contributed by atoms with van der Waals surface area (Å²) in [6.07, 6.45) is -0.157. The van der Waals surface area contributed by atoms with Gasteiger partial charge in [0.2, 0.25) is 0 Å². The van der Waals surface area contributed by atoms with Crippen molar-refractivity contribution in [1.82, 2.24) is 14.7 Å². The molecule has 0 aliphatic heterocycles. The molecule has 6 nitrogen and oxygen atoms in total. The van der Waals surface area contributed by atoms with Crippen LogP contribution in [0.25, 0.3) is 5.69 Å². The smallest absolute Gasteiger partial charge is 0.305 e. The molecule has 134 valence electrons. The average molecular weight is 347 g/mol. The lowest BCUT2D eigenvalue weighted by atomic mass is 10.1. The summed E-state index contributed by atoms with van der Waals surface area (Å²) in [7, 11) is 0. The van der Waals surface area contributed by atoms with E-state index < -0.39 is 17.7 Å². The molecule has 1 N–H and O–H groups in total. The lowest BCUT2D eigenvalue weighted by Crippen LogP contribution is -2.38. The van der Waals surface area contributed by atoms with Gasteiger partial charge in [-0.25, -0.2) is 9.07 Å². The highest BCUT2D eigenvalue weighted by atomic mass is 19.1. The van der Waals surface area contributed by atoms with Crippen LogP contribution in [0.3, 0.4) is 0 Å². The van der Waals surface area contributed by atoms with Gasteiger partial charge in [0.15, 0.2) is 0 Å². The minimum atomic E-state index is -0.982. The molecule has 1 aromatic heterocycles. The third-order valence-corrected chi connectivity index (χ3v) is 3.88. The van der Waals surface area contributed by atoms with Crippen LogP contribution in [0, 0.1) is 19.7 Å². The van der Waals surface area contributed by atoms with Crippen LogP contribution in [0.5, 0.6) is 0 Å². The lowest BCUT2D eigenvalue weighted by molar-refractivity contribution is -0.137. The Morgan fingerprint density at radius 3 is 2.44 bits per heavy atom. The van der Waals surface area contributed by atoms with E-state index in [0.29, 0.717) is 0 Å². The Labute approximate surface area is 145 Å². The summed E-state index contributed by atoms with van der Waals surface area (Å²) < 4.78 is 16.0. The number of carbonyl (C=O) groups is 2. The van der Waals surface area contributed by atoms with Crippen LogP contribution >= 0.6 is 0 Å². The Kier molecular flexibility index (Phi) is 5.56. The van der Waals surface area contributed by atoms with E-state index in [1.165, 1.54) is 27.8 Å². The molecular formula is C18H22FN3O3. The molecule has 25 heavy (non-hydrogen) atoms. The minimum Gasteiger partial charge on any atom is -0.481 e. The molecule has 0 spiro atoms. The molecule has 0 radical (unpaired) electrons. The number of rotatable bonds is 6. The second kappa shape index (κ2) is 7.46. The first-order chi connectivity index (χ1) is 11.7. The standard InChI is InChI=1S/C18H22FN3O3/c1-11(2)21(8-7-17(23)24)18(25)14-5-6-16(15(19)10-14)22-13(4)9-12(3)20-22/h5-6,9-11H,7-8H2,1-4H3,(H,23,24). The zero-order chi connectivity index (χ0) is 18.7. The summed E-state index contributed by atoms with van der Waals surface area (Å²) >= 11 is 0. The van der Waals surface area contributed by atoms with Gasteiger partial charge >= 0.3 is 5.97 Å². The molecule has 0 saturated heterocycles. The van der Waals surface area contributed by atoms with Gasteiger partial charge in [-0.15, -0.1) is 0 Å². The van der Waals surface area contributed by atoms with Gasteiger partial charge in [-0.2, -0.15) is 5.10 Å². The number of carboxylic acids is 1. The highest BCUT2D eigenvalue weighted by molar-refractivity contribution is 5.94. The van der Waals surface area contributed by atoms with Gasteiger partial charge in [0.1, 0.15) is 11.5 Å². The van der Waals surface area contributed by atoms with Crippen molar-refractivity contribution >= 4 is 11.9 Å². The average Bonchev–Trinajstić information content (AvgIpc) is 2.84. The van der Waals surface area contributed by atoms with Crippen molar-refractivity contribution < 1.29 is 19.1 Å². The molecule has 0 bridgehead atoms. The topological polar surface area (TPSA) is 75.4 Å². The van der Waals surface area contributed by atoms with E-state index in [1.807, 2.05) is 19.9 Å². The number of nitrogens with zero attached hydrogens (tertiary/aromatic N) is 3. The van der Waals surface area contributed by atoms with Crippen LogP contribution in [0.1, 0.15) is 42.0 Å². The Hall–Kier alpha value is -2.70. The summed E-state index contributed by atoms with van der Waals surface area (Å²) in [6, 6.07) is 5.87. The quantitative estimate of drug-likeness (QED) is 0.872. The van der Waals surface area contributed by atoms with Gasteiger partial charge in [0.05, 0.1) is 12.1 Å². The van der Waals surface area contributed by atoms with Crippen molar-refractivity contribution in [3.05, 3.63) is 47.0 Å². The number of hydrogen-bond donors (Lipinski definition) is 1. The monoisotopic (exact) mass is 347 g/mol. The Morgan fingerprint density at radius 1 is 1.28 bits per heavy atom. The van der Waals surface area contributed by atoms with E-state index in [-0.39, 0.29) is 30.3 Å². The predicted octanol–water partition coefficient (Wildman–Crippen LogP) is 2.95. The van der Waals surface area contributed by atoms with E-state index >= 15 is 0 Å². The number of aliphatic carboxylic acids is 1. The van der Waals surface area contributed by atoms with Gasteiger partial charge in [0, 0.05) is 23.8 Å². The normalized spacial score (nSPS) is 11.0. The van der Waals surface area contributed by atoms with Crippen molar-refractivity contribution in [2.75, 3.05) is 6.54 Å². The second-order valence-electron chi connectivity index (χ2n) is 6.24. The van der Waals surface area contributed by atoms with E-state index in [9.17, 15) is 14.0 Å². The van der Waals surface area contributed by atoms with Crippen molar-refractivity contribution in [1.29, 1.82) is 0 Å². The molecule has 0 aliphatic carbocycles. The predicted molar refractivity (Wildman–Crippen MR) is 91.4 cm³/mol. The van der Waals surface area contributed by atoms with Crippen LogP contribution in [0.2, 0.25) is 0 Å². The maximum atomic E-state index is 14.5. The number of benzene rings is 1. The van der Waals surface area contributed by atoms with Crippen LogP contribution in [-0.4, -0.2) is 44.3 Å². The number of halogens is 1. The van der Waals surface area contributed by atoms with Crippen molar-refractivity contribution in [3.63, 3.8) is 0 Å². The molecule has 2 rings (SSSR count). The molecule has 0 unspecified atom stereocenters. The van der Waals surface area contributed by atoms with Gasteiger partial charge in [-0.05, 0) is 52.0 Å². The fourth-order valence-corrected chi connectivity index (χ4v) is 2.66. The number of carboxylic acid groups (broad SMARTS) is 1. The summed E-state index contributed by atoms with van der Waals surface area (Å²) in [5.41, 5.74) is 2.02. The summed E-state index contributed by atoms with van der Waals surface area (Å²) in [6.45, 7) is 7.31. The molecule has 2 aromatic rings. The number of hydrogen-bond acceptors (Lipinski definition) is 3. The molecule has 1 heterocycles. The van der Waals surface area contributed by atoms with Crippen molar-refractivity contribution in [3.8, 4) is 5.69 Å². The maximum absolute atomic E-state index is 14.5. The summed E-state index contributed by atoms with van der Waals surface area (Å²) in [5, 5.41) is 13.1. The van der Waals surface area contributed by atoms with Gasteiger partial charge in [0.25, 0.3) is 5.91 Å². The first-order valence-electron chi connectivity index (χ1n) is 8.06. The fourth-order valence-electron chi connectivity index (χ4n) is 2.66. The van der Waals surface area contributed by atoms with E-state index in [0.717, 1.165) is 11.4 Å². The van der Waals surface area contributed by atoms with E-state index in [1.54, 1.807) is 13.8 Å². The van der Waals surface area contributed by atoms with Gasteiger partial charge < -0.3 is 10.0 Å². The van der Waals surface area contributed by atoms with Crippen molar-refractivity contribution in [2.24, 2.45) is 0 Å². The second-order valence-corrected chi connectivity index (χ2v) is 6.24. The molecule has 0 atom stereocenters. The van der Waals surface area contributed by atoms with Gasteiger partial charge in [-0.1, -0.05) is 0 Å². The first-order valence-corrected chi connectivity index (χ1v) is 8.06. The fraction of sp³-hybridized carbons (Fsp3) is 0.389. The molecule has 1 aromatic carbocycles. The Balaban J connectivity index is 2.30. The number of amides is 1. The maximum Gasteiger partial charge on any atom is 0.305 e. The third-order valence-electron chi connectivity index (χ3n) is 3.88.